The lowest BCUT2D eigenvalue weighted by molar-refractivity contribution is 0.0137. The fourth-order valence-electron chi connectivity index (χ4n) is 4.09. The van der Waals surface area contributed by atoms with Gasteiger partial charge in [0.1, 0.15) is 12.7 Å². The van der Waals surface area contributed by atoms with Gasteiger partial charge in [0.2, 0.25) is 0 Å². The first kappa shape index (κ1) is 22.6. The molecule has 1 aliphatic carbocycles. The van der Waals surface area contributed by atoms with Crippen LogP contribution in [-0.2, 0) is 4.74 Å². The van der Waals surface area contributed by atoms with Crippen LogP contribution in [0.4, 0.5) is 4.79 Å². The Morgan fingerprint density at radius 1 is 0.938 bits per heavy atom. The second-order valence-corrected chi connectivity index (χ2v) is 8.48. The van der Waals surface area contributed by atoms with E-state index in [0.29, 0.717) is 10.6 Å². The number of aliphatic hydroxyl groups excluding tert-OH is 2. The minimum atomic E-state index is -1.22. The number of ether oxygens (including phenoxy) is 1. The summed E-state index contributed by atoms with van der Waals surface area (Å²) < 4.78 is 5.47. The van der Waals surface area contributed by atoms with E-state index >= 15 is 0 Å². The lowest BCUT2D eigenvalue weighted by atomic mass is 9.98. The molecule has 0 spiro atoms. The molecule has 4 rings (SSSR count). The minimum absolute atomic E-state index is 0.0227. The van der Waals surface area contributed by atoms with Crippen LogP contribution in [-0.4, -0.2) is 35.6 Å². The van der Waals surface area contributed by atoms with E-state index in [2.05, 4.69) is 29.6 Å². The third kappa shape index (κ3) is 4.62. The maximum atomic E-state index is 12.2. The van der Waals surface area contributed by atoms with Crippen molar-refractivity contribution < 1.29 is 19.7 Å². The molecule has 0 radical (unpaired) electrons. The smallest absolute Gasteiger partial charge is 0.407 e. The molecule has 166 valence electrons. The molecule has 0 aliphatic heterocycles. The highest BCUT2D eigenvalue weighted by Gasteiger charge is 2.29. The largest absolute Gasteiger partial charge is 0.449 e. The summed E-state index contributed by atoms with van der Waals surface area (Å²) in [5.74, 6) is -0.0227. The highest BCUT2D eigenvalue weighted by Crippen LogP contribution is 2.44. The van der Waals surface area contributed by atoms with Gasteiger partial charge in [-0.1, -0.05) is 83.9 Å². The standard InChI is InChI=1S/C25H23Cl2NO4/c26-21-11-5-10-19(23(21)27)24(30)22(29)12-13-28-25(31)32-14-20-17-8-3-1-6-15(17)16-7-2-4-9-18(16)20/h1-11,20,22,24,29-30H,12-14H2,(H,28,31). The number of nitrogens with one attached hydrogen (secondary N) is 1. The summed E-state index contributed by atoms with van der Waals surface area (Å²) in [5.41, 5.74) is 4.94. The van der Waals surface area contributed by atoms with Gasteiger partial charge in [-0.25, -0.2) is 4.79 Å². The molecule has 2 unspecified atom stereocenters. The van der Waals surface area contributed by atoms with Crippen LogP contribution >= 0.6 is 23.2 Å². The molecule has 7 heteroatoms. The van der Waals surface area contributed by atoms with Gasteiger partial charge >= 0.3 is 6.09 Å². The van der Waals surface area contributed by atoms with Crippen molar-refractivity contribution in [2.24, 2.45) is 0 Å². The van der Waals surface area contributed by atoms with Gasteiger partial charge in [0, 0.05) is 18.0 Å². The average Bonchev–Trinajstić information content (AvgIpc) is 3.13. The SMILES string of the molecule is O=C(NCCC(O)C(O)c1cccc(Cl)c1Cl)OCC1c2ccccc2-c2ccccc21. The number of amides is 1. The van der Waals surface area contributed by atoms with Crippen molar-refractivity contribution in [3.05, 3.63) is 93.5 Å². The lowest BCUT2D eigenvalue weighted by Crippen LogP contribution is -2.30. The number of rotatable bonds is 7. The van der Waals surface area contributed by atoms with E-state index in [9.17, 15) is 15.0 Å². The number of carbonyl (C=O) groups is 1. The van der Waals surface area contributed by atoms with Crippen LogP contribution in [0.2, 0.25) is 10.0 Å². The van der Waals surface area contributed by atoms with Crippen molar-refractivity contribution in [1.82, 2.24) is 5.32 Å². The summed E-state index contributed by atoms with van der Waals surface area (Å²) in [6.07, 6.45) is -2.80. The molecule has 1 aliphatic rings. The summed E-state index contributed by atoms with van der Waals surface area (Å²) in [6, 6.07) is 21.1. The summed E-state index contributed by atoms with van der Waals surface area (Å²) in [7, 11) is 0. The van der Waals surface area contributed by atoms with Crippen molar-refractivity contribution >= 4 is 29.3 Å². The average molecular weight is 472 g/mol. The monoisotopic (exact) mass is 471 g/mol. The second kappa shape index (κ2) is 9.92. The highest BCUT2D eigenvalue weighted by molar-refractivity contribution is 6.42. The van der Waals surface area contributed by atoms with E-state index in [1.807, 2.05) is 24.3 Å². The summed E-state index contributed by atoms with van der Waals surface area (Å²) in [5, 5.41) is 23.8. The molecular weight excluding hydrogens is 449 g/mol. The van der Waals surface area contributed by atoms with E-state index in [1.54, 1.807) is 18.2 Å². The Labute approximate surface area is 196 Å². The van der Waals surface area contributed by atoms with Gasteiger partial charge in [-0.05, 0) is 34.7 Å². The maximum Gasteiger partial charge on any atom is 0.407 e. The van der Waals surface area contributed by atoms with Crippen LogP contribution in [0.5, 0.6) is 0 Å². The van der Waals surface area contributed by atoms with Crippen molar-refractivity contribution in [2.45, 2.75) is 24.5 Å². The van der Waals surface area contributed by atoms with Gasteiger partial charge in [-0.15, -0.1) is 0 Å². The fourth-order valence-corrected chi connectivity index (χ4v) is 4.51. The van der Waals surface area contributed by atoms with Crippen LogP contribution < -0.4 is 5.32 Å². The van der Waals surface area contributed by atoms with Crippen LogP contribution in [0.1, 0.15) is 35.1 Å². The van der Waals surface area contributed by atoms with E-state index in [0.717, 1.165) is 22.3 Å². The van der Waals surface area contributed by atoms with Gasteiger partial charge in [0.05, 0.1) is 16.1 Å². The van der Waals surface area contributed by atoms with Crippen LogP contribution in [0, 0.1) is 0 Å². The first-order valence-corrected chi connectivity index (χ1v) is 11.1. The Morgan fingerprint density at radius 3 is 2.22 bits per heavy atom. The second-order valence-electron chi connectivity index (χ2n) is 7.70. The van der Waals surface area contributed by atoms with Gasteiger partial charge in [0.15, 0.2) is 0 Å². The number of halogens is 2. The highest BCUT2D eigenvalue weighted by atomic mass is 35.5. The van der Waals surface area contributed by atoms with Crippen molar-refractivity contribution in [2.75, 3.05) is 13.2 Å². The molecular formula is C25H23Cl2NO4. The van der Waals surface area contributed by atoms with Crippen LogP contribution in [0.3, 0.4) is 0 Å². The first-order chi connectivity index (χ1) is 15.5. The van der Waals surface area contributed by atoms with Gasteiger partial charge < -0.3 is 20.3 Å². The van der Waals surface area contributed by atoms with Crippen molar-refractivity contribution in [3.63, 3.8) is 0 Å². The Balaban J connectivity index is 1.29. The van der Waals surface area contributed by atoms with Crippen LogP contribution in [0.25, 0.3) is 11.1 Å². The van der Waals surface area contributed by atoms with Gasteiger partial charge in [0.25, 0.3) is 0 Å². The number of aliphatic hydroxyl groups is 2. The van der Waals surface area contributed by atoms with E-state index < -0.39 is 18.3 Å². The molecule has 0 saturated heterocycles. The molecule has 0 saturated carbocycles. The molecule has 2 atom stereocenters. The number of hydrogen-bond acceptors (Lipinski definition) is 4. The molecule has 5 nitrogen and oxygen atoms in total. The predicted molar refractivity (Wildman–Crippen MR) is 125 cm³/mol. The first-order valence-electron chi connectivity index (χ1n) is 10.4. The molecule has 3 aromatic carbocycles. The van der Waals surface area contributed by atoms with E-state index in [1.165, 1.54) is 0 Å². The van der Waals surface area contributed by atoms with E-state index in [4.69, 9.17) is 27.9 Å². The molecule has 3 N–H and O–H groups in total. The van der Waals surface area contributed by atoms with Crippen molar-refractivity contribution in [3.8, 4) is 11.1 Å². The Kier molecular flexibility index (Phi) is 7.01. The Hall–Kier alpha value is -2.57. The topological polar surface area (TPSA) is 78.8 Å². The number of hydrogen-bond donors (Lipinski definition) is 3. The lowest BCUT2D eigenvalue weighted by Gasteiger charge is -2.20. The zero-order valence-electron chi connectivity index (χ0n) is 17.2. The number of fused-ring (bicyclic) bond motifs is 3. The summed E-state index contributed by atoms with van der Waals surface area (Å²) >= 11 is 12.1. The van der Waals surface area contributed by atoms with Crippen LogP contribution in [0.15, 0.2) is 66.7 Å². The van der Waals surface area contributed by atoms with Gasteiger partial charge in [-0.3, -0.25) is 0 Å². The number of carbonyl (C=O) groups excluding carboxylic acids is 1. The number of benzene rings is 3. The predicted octanol–water partition coefficient (Wildman–Crippen LogP) is 5.32. The van der Waals surface area contributed by atoms with Gasteiger partial charge in [-0.2, -0.15) is 0 Å². The molecule has 1 amide bonds. The normalized spacial score (nSPS) is 14.4. The molecule has 32 heavy (non-hydrogen) atoms. The van der Waals surface area contributed by atoms with Crippen molar-refractivity contribution in [1.29, 1.82) is 0 Å². The third-order valence-corrected chi connectivity index (χ3v) is 6.55. The zero-order valence-corrected chi connectivity index (χ0v) is 18.7. The zero-order chi connectivity index (χ0) is 22.7. The summed E-state index contributed by atoms with van der Waals surface area (Å²) in [4.78, 5) is 12.2. The Morgan fingerprint density at radius 2 is 1.56 bits per heavy atom. The molecule has 0 fully saturated rings. The summed E-state index contributed by atoms with van der Waals surface area (Å²) in [6.45, 7) is 0.343. The molecule has 0 heterocycles. The maximum absolute atomic E-state index is 12.2. The quantitative estimate of drug-likeness (QED) is 0.435. The number of alkyl carbamates (subject to hydrolysis) is 1. The van der Waals surface area contributed by atoms with E-state index in [-0.39, 0.29) is 30.5 Å². The Bertz CT molecular complexity index is 1080. The fraction of sp³-hybridized carbons (Fsp3) is 0.240. The molecule has 0 aromatic heterocycles. The molecule has 0 bridgehead atoms. The minimum Gasteiger partial charge on any atom is -0.449 e. The molecule has 3 aromatic rings. The third-order valence-electron chi connectivity index (χ3n) is 5.72.